The van der Waals surface area contributed by atoms with E-state index in [4.69, 9.17) is 0 Å². The van der Waals surface area contributed by atoms with E-state index in [9.17, 15) is 9.59 Å². The third kappa shape index (κ3) is 3.67. The maximum Gasteiger partial charge on any atom is 0.268 e. The predicted octanol–water partition coefficient (Wildman–Crippen LogP) is 3.03. The maximum atomic E-state index is 12.6. The zero-order chi connectivity index (χ0) is 17.1. The highest BCUT2D eigenvalue weighted by molar-refractivity contribution is 8.00. The summed E-state index contributed by atoms with van der Waals surface area (Å²) in [5, 5.41) is 3.85. The van der Waals surface area contributed by atoms with Crippen molar-refractivity contribution in [2.24, 2.45) is 0 Å². The summed E-state index contributed by atoms with van der Waals surface area (Å²) in [4.78, 5) is 30.1. The first-order chi connectivity index (χ1) is 11.6. The number of amides is 1. The molecule has 5 nitrogen and oxygen atoms in total. The molecule has 24 heavy (non-hydrogen) atoms. The molecular formula is C17H19N3O2S2. The zero-order valence-electron chi connectivity index (χ0n) is 13.6. The number of nitrogens with one attached hydrogen (secondary N) is 1. The van der Waals surface area contributed by atoms with E-state index in [-0.39, 0.29) is 17.2 Å². The van der Waals surface area contributed by atoms with E-state index in [2.05, 4.69) is 17.2 Å². The molecule has 1 amide bonds. The average molecular weight is 361 g/mol. The topological polar surface area (TPSA) is 64.0 Å². The lowest BCUT2D eigenvalue weighted by atomic mass is 10.2. The van der Waals surface area contributed by atoms with Gasteiger partial charge in [0.25, 0.3) is 5.56 Å². The molecule has 1 unspecified atom stereocenters. The van der Waals surface area contributed by atoms with Crippen molar-refractivity contribution in [2.75, 3.05) is 11.1 Å². The molecule has 1 aliphatic rings. The van der Waals surface area contributed by atoms with Gasteiger partial charge in [-0.3, -0.25) is 14.2 Å². The van der Waals surface area contributed by atoms with Gasteiger partial charge in [0.05, 0.1) is 16.3 Å². The molecular weight excluding hydrogens is 342 g/mol. The van der Waals surface area contributed by atoms with Gasteiger partial charge in [-0.1, -0.05) is 36.9 Å². The van der Waals surface area contributed by atoms with Crippen LogP contribution in [0.5, 0.6) is 0 Å². The third-order valence-electron chi connectivity index (χ3n) is 3.67. The van der Waals surface area contributed by atoms with Crippen LogP contribution in [0.25, 0.3) is 0 Å². The zero-order valence-corrected chi connectivity index (χ0v) is 15.2. The number of benzene rings is 1. The highest BCUT2D eigenvalue weighted by Gasteiger charge is 2.26. The second kappa shape index (κ2) is 7.44. The first-order valence-electron chi connectivity index (χ1n) is 7.86. The fourth-order valence-electron chi connectivity index (χ4n) is 2.57. The molecule has 1 aromatic heterocycles. The van der Waals surface area contributed by atoms with Gasteiger partial charge in [0.15, 0.2) is 5.16 Å². The third-order valence-corrected chi connectivity index (χ3v) is 5.86. The second-order valence-corrected chi connectivity index (χ2v) is 7.95. The van der Waals surface area contributed by atoms with Crippen LogP contribution in [-0.4, -0.2) is 26.5 Å². The number of fused-ring (bicyclic) bond motifs is 1. The van der Waals surface area contributed by atoms with E-state index < -0.39 is 0 Å². The van der Waals surface area contributed by atoms with Gasteiger partial charge in [-0.05, 0) is 19.1 Å². The van der Waals surface area contributed by atoms with E-state index in [1.807, 2.05) is 37.3 Å². The molecule has 0 spiro atoms. The number of para-hydroxylation sites is 1. The summed E-state index contributed by atoms with van der Waals surface area (Å²) < 4.78 is 1.66. The van der Waals surface area contributed by atoms with Crippen LogP contribution in [0.4, 0.5) is 5.69 Å². The molecule has 1 aromatic carbocycles. The largest absolute Gasteiger partial charge is 0.325 e. The van der Waals surface area contributed by atoms with E-state index in [0.29, 0.717) is 17.0 Å². The van der Waals surface area contributed by atoms with Crippen molar-refractivity contribution in [3.8, 4) is 0 Å². The lowest BCUT2D eigenvalue weighted by Gasteiger charge is -2.11. The number of hydrogen-bond donors (Lipinski definition) is 1. The van der Waals surface area contributed by atoms with Gasteiger partial charge in [-0.15, -0.1) is 11.8 Å². The van der Waals surface area contributed by atoms with Crippen molar-refractivity contribution >= 4 is 35.1 Å². The minimum Gasteiger partial charge on any atom is -0.325 e. The molecule has 0 fully saturated rings. The van der Waals surface area contributed by atoms with Crippen LogP contribution < -0.4 is 10.9 Å². The molecule has 0 bridgehead atoms. The molecule has 0 saturated heterocycles. The van der Waals surface area contributed by atoms with Crippen molar-refractivity contribution in [1.82, 2.24) is 9.55 Å². The van der Waals surface area contributed by atoms with Gasteiger partial charge in [-0.25, -0.2) is 4.98 Å². The smallest absolute Gasteiger partial charge is 0.268 e. The monoisotopic (exact) mass is 361 g/mol. The number of aromatic nitrogens is 2. The molecule has 2 aromatic rings. The van der Waals surface area contributed by atoms with Gasteiger partial charge >= 0.3 is 0 Å². The SMILES string of the molecule is CCn1c(SCC(=O)Nc2ccccc2)nc2c(c1=O)SC(C)C2. The summed E-state index contributed by atoms with van der Waals surface area (Å²) in [7, 11) is 0. The van der Waals surface area contributed by atoms with E-state index >= 15 is 0 Å². The highest BCUT2D eigenvalue weighted by atomic mass is 32.2. The summed E-state index contributed by atoms with van der Waals surface area (Å²) in [5.41, 5.74) is 1.65. The lowest BCUT2D eigenvalue weighted by molar-refractivity contribution is -0.113. The van der Waals surface area contributed by atoms with Crippen molar-refractivity contribution in [3.63, 3.8) is 0 Å². The van der Waals surface area contributed by atoms with Crippen molar-refractivity contribution < 1.29 is 4.79 Å². The van der Waals surface area contributed by atoms with Crippen molar-refractivity contribution in [1.29, 1.82) is 0 Å². The highest BCUT2D eigenvalue weighted by Crippen LogP contribution is 2.34. The van der Waals surface area contributed by atoms with Crippen LogP contribution in [0, 0.1) is 0 Å². The van der Waals surface area contributed by atoms with Gasteiger partial charge in [0, 0.05) is 23.9 Å². The number of anilines is 1. The lowest BCUT2D eigenvalue weighted by Crippen LogP contribution is -2.25. The Morgan fingerprint density at radius 1 is 1.42 bits per heavy atom. The van der Waals surface area contributed by atoms with E-state index in [1.165, 1.54) is 11.8 Å². The predicted molar refractivity (Wildman–Crippen MR) is 99.0 cm³/mol. The van der Waals surface area contributed by atoms with E-state index in [0.717, 1.165) is 22.7 Å². The molecule has 126 valence electrons. The Morgan fingerprint density at radius 2 is 2.17 bits per heavy atom. The first-order valence-corrected chi connectivity index (χ1v) is 9.73. The summed E-state index contributed by atoms with van der Waals surface area (Å²) in [5.74, 6) is 0.120. The molecule has 0 aliphatic carbocycles. The molecule has 1 atom stereocenters. The number of nitrogens with zero attached hydrogens (tertiary/aromatic N) is 2. The van der Waals surface area contributed by atoms with Gasteiger partial charge < -0.3 is 5.32 Å². The maximum absolute atomic E-state index is 12.6. The number of rotatable bonds is 5. The van der Waals surface area contributed by atoms with Crippen LogP contribution in [0.3, 0.4) is 0 Å². The fourth-order valence-corrected chi connectivity index (χ4v) is 4.56. The number of thioether (sulfide) groups is 2. The molecule has 2 heterocycles. The number of hydrogen-bond acceptors (Lipinski definition) is 5. The van der Waals surface area contributed by atoms with Crippen LogP contribution in [0.2, 0.25) is 0 Å². The standard InChI is InChI=1S/C17H19N3O2S2/c1-3-20-16(22)15-13(9-11(2)24-15)19-17(20)23-10-14(21)18-12-7-5-4-6-8-12/h4-8,11H,3,9-10H2,1-2H3,(H,18,21). The number of carbonyl (C=O) groups excluding carboxylic acids is 1. The van der Waals surface area contributed by atoms with Crippen molar-refractivity contribution in [3.05, 3.63) is 46.4 Å². The van der Waals surface area contributed by atoms with Crippen LogP contribution in [-0.2, 0) is 17.8 Å². The van der Waals surface area contributed by atoms with E-state index in [1.54, 1.807) is 16.3 Å². The van der Waals surface area contributed by atoms with Crippen molar-refractivity contribution in [2.45, 2.75) is 42.1 Å². The van der Waals surface area contributed by atoms with Crippen LogP contribution in [0.1, 0.15) is 19.5 Å². The van der Waals surface area contributed by atoms with Gasteiger partial charge in [-0.2, -0.15) is 0 Å². The average Bonchev–Trinajstić information content (AvgIpc) is 2.95. The Kier molecular flexibility index (Phi) is 5.30. The molecule has 1 N–H and O–H groups in total. The molecule has 3 rings (SSSR count). The summed E-state index contributed by atoms with van der Waals surface area (Å²) in [6.07, 6.45) is 0.809. The normalized spacial score (nSPS) is 16.0. The Balaban J connectivity index is 1.73. The quantitative estimate of drug-likeness (QED) is 0.655. The molecule has 0 radical (unpaired) electrons. The second-order valence-electron chi connectivity index (χ2n) is 5.56. The Bertz CT molecular complexity index is 805. The van der Waals surface area contributed by atoms with Gasteiger partial charge in [0.2, 0.25) is 5.91 Å². The minimum atomic E-state index is -0.105. The Hall–Kier alpha value is -1.73. The molecule has 0 saturated carbocycles. The summed E-state index contributed by atoms with van der Waals surface area (Å²) in [6.45, 7) is 4.57. The Labute approximate surface area is 149 Å². The van der Waals surface area contributed by atoms with Crippen LogP contribution in [0.15, 0.2) is 45.2 Å². The fraction of sp³-hybridized carbons (Fsp3) is 0.353. The van der Waals surface area contributed by atoms with Crippen LogP contribution >= 0.6 is 23.5 Å². The summed E-state index contributed by atoms with van der Waals surface area (Å²) in [6, 6.07) is 9.34. The molecule has 7 heteroatoms. The summed E-state index contributed by atoms with van der Waals surface area (Å²) >= 11 is 2.91. The minimum absolute atomic E-state index is 0.0165. The Morgan fingerprint density at radius 3 is 2.88 bits per heavy atom. The number of carbonyl (C=O) groups is 1. The molecule has 1 aliphatic heterocycles. The first kappa shape index (κ1) is 17.1. The van der Waals surface area contributed by atoms with Gasteiger partial charge in [0.1, 0.15) is 0 Å².